The van der Waals surface area contributed by atoms with Crippen molar-refractivity contribution < 1.29 is 4.74 Å². The van der Waals surface area contributed by atoms with Gasteiger partial charge in [-0.25, -0.2) is 0 Å². The van der Waals surface area contributed by atoms with Crippen LogP contribution < -0.4 is 4.74 Å². The van der Waals surface area contributed by atoms with E-state index in [0.29, 0.717) is 0 Å². The highest BCUT2D eigenvalue weighted by atomic mass is 35.5. The van der Waals surface area contributed by atoms with Gasteiger partial charge in [0.1, 0.15) is 11.9 Å². The Bertz CT molecular complexity index is 463. The highest BCUT2D eigenvalue weighted by molar-refractivity contribution is 6.21. The Kier molecular flexibility index (Phi) is 4.15. The van der Waals surface area contributed by atoms with Gasteiger partial charge in [-0.1, -0.05) is 19.9 Å². The van der Waals surface area contributed by atoms with Crippen LogP contribution in [0.4, 0.5) is 0 Å². The van der Waals surface area contributed by atoms with Gasteiger partial charge in [0.2, 0.25) is 0 Å². The maximum Gasteiger partial charge on any atom is 0.123 e. The zero-order valence-corrected chi connectivity index (χ0v) is 13.5. The smallest absolute Gasteiger partial charge is 0.123 e. The molecule has 0 amide bonds. The van der Waals surface area contributed by atoms with Gasteiger partial charge in [-0.2, -0.15) is 0 Å². The zero-order valence-electron chi connectivity index (χ0n) is 12.7. The molecule has 0 spiro atoms. The average molecular weight is 281 g/mol. The minimum absolute atomic E-state index is 0.158. The molecule has 1 aromatic rings. The number of ether oxygens (including phenoxy) is 1. The molecular formula is C17H25ClO. The summed E-state index contributed by atoms with van der Waals surface area (Å²) in [4.78, 5) is 0. The van der Waals surface area contributed by atoms with Gasteiger partial charge in [0.15, 0.2) is 0 Å². The van der Waals surface area contributed by atoms with Gasteiger partial charge in [-0.15, -0.1) is 11.6 Å². The van der Waals surface area contributed by atoms with Crippen LogP contribution in [0.2, 0.25) is 0 Å². The number of halogens is 1. The maximum absolute atomic E-state index is 6.46. The second kappa shape index (κ2) is 5.36. The van der Waals surface area contributed by atoms with Crippen molar-refractivity contribution in [2.24, 2.45) is 5.41 Å². The van der Waals surface area contributed by atoms with Gasteiger partial charge in [0.25, 0.3) is 0 Å². The van der Waals surface area contributed by atoms with E-state index in [9.17, 15) is 0 Å². The van der Waals surface area contributed by atoms with Crippen LogP contribution in [0.3, 0.4) is 0 Å². The van der Waals surface area contributed by atoms with Crippen LogP contribution >= 0.6 is 11.6 Å². The predicted octanol–water partition coefficient (Wildman–Crippen LogP) is 5.18. The van der Waals surface area contributed by atoms with Crippen molar-refractivity contribution in [3.63, 3.8) is 0 Å². The van der Waals surface area contributed by atoms with E-state index in [2.05, 4.69) is 46.8 Å². The third-order valence-corrected chi connectivity index (χ3v) is 5.65. The van der Waals surface area contributed by atoms with E-state index in [1.165, 1.54) is 16.7 Å². The largest absolute Gasteiger partial charge is 0.489 e. The lowest BCUT2D eigenvalue weighted by Crippen LogP contribution is -2.56. The van der Waals surface area contributed by atoms with Crippen LogP contribution in [-0.2, 0) is 0 Å². The molecule has 0 radical (unpaired) electrons. The maximum atomic E-state index is 6.46. The highest BCUT2D eigenvalue weighted by Crippen LogP contribution is 2.52. The van der Waals surface area contributed by atoms with Crippen LogP contribution in [0.5, 0.6) is 5.75 Å². The van der Waals surface area contributed by atoms with Gasteiger partial charge < -0.3 is 4.74 Å². The molecule has 2 heteroatoms. The van der Waals surface area contributed by atoms with E-state index in [0.717, 1.165) is 25.0 Å². The number of hydrogen-bond donors (Lipinski definition) is 0. The van der Waals surface area contributed by atoms with Crippen LogP contribution in [0.15, 0.2) is 12.1 Å². The van der Waals surface area contributed by atoms with E-state index in [1.54, 1.807) is 0 Å². The lowest BCUT2D eigenvalue weighted by molar-refractivity contribution is -0.0465. The molecule has 0 aliphatic heterocycles. The van der Waals surface area contributed by atoms with Crippen molar-refractivity contribution in [2.45, 2.75) is 65.4 Å². The molecule has 0 saturated heterocycles. The number of alkyl halides is 1. The summed E-state index contributed by atoms with van der Waals surface area (Å²) < 4.78 is 6.33. The van der Waals surface area contributed by atoms with Crippen LogP contribution in [0.1, 0.15) is 49.8 Å². The summed E-state index contributed by atoms with van der Waals surface area (Å²) >= 11 is 6.46. The second-order valence-electron chi connectivity index (χ2n) is 5.95. The second-order valence-corrected chi connectivity index (χ2v) is 6.48. The Morgan fingerprint density at radius 3 is 2.37 bits per heavy atom. The van der Waals surface area contributed by atoms with Gasteiger partial charge in [0.05, 0.1) is 0 Å². The third kappa shape index (κ3) is 2.38. The first-order valence-electron chi connectivity index (χ1n) is 7.33. The topological polar surface area (TPSA) is 9.23 Å². The van der Waals surface area contributed by atoms with E-state index in [1.807, 2.05) is 0 Å². The fourth-order valence-electron chi connectivity index (χ4n) is 3.29. The Labute approximate surface area is 122 Å². The van der Waals surface area contributed by atoms with E-state index in [-0.39, 0.29) is 16.9 Å². The van der Waals surface area contributed by atoms with Crippen molar-refractivity contribution in [3.8, 4) is 5.75 Å². The number of rotatable bonds is 4. The molecular weight excluding hydrogens is 256 g/mol. The third-order valence-electron chi connectivity index (χ3n) is 5.04. The zero-order chi connectivity index (χ0) is 14.2. The Morgan fingerprint density at radius 2 is 1.84 bits per heavy atom. The first-order chi connectivity index (χ1) is 8.94. The number of benzene rings is 1. The molecule has 0 aromatic heterocycles. The fraction of sp³-hybridized carbons (Fsp3) is 0.647. The molecule has 19 heavy (non-hydrogen) atoms. The minimum atomic E-state index is 0.158. The molecule has 106 valence electrons. The molecule has 0 heterocycles. The van der Waals surface area contributed by atoms with Crippen molar-refractivity contribution in [3.05, 3.63) is 28.8 Å². The predicted molar refractivity (Wildman–Crippen MR) is 82.3 cm³/mol. The van der Waals surface area contributed by atoms with Crippen LogP contribution in [0, 0.1) is 26.2 Å². The summed E-state index contributed by atoms with van der Waals surface area (Å²) in [6.07, 6.45) is 3.42. The monoisotopic (exact) mass is 280 g/mol. The van der Waals surface area contributed by atoms with E-state index < -0.39 is 0 Å². The minimum Gasteiger partial charge on any atom is -0.489 e. The molecule has 1 nitrogen and oxygen atoms in total. The highest BCUT2D eigenvalue weighted by Gasteiger charge is 2.53. The average Bonchev–Trinajstić information content (AvgIpc) is 2.36. The molecule has 1 aliphatic carbocycles. The lowest BCUT2D eigenvalue weighted by Gasteiger charge is -2.52. The first kappa shape index (κ1) is 14.7. The molecule has 0 bridgehead atoms. The van der Waals surface area contributed by atoms with E-state index >= 15 is 0 Å². The van der Waals surface area contributed by atoms with Gasteiger partial charge in [-0.3, -0.25) is 0 Å². The molecule has 2 atom stereocenters. The Morgan fingerprint density at radius 1 is 1.21 bits per heavy atom. The molecule has 1 fully saturated rings. The molecule has 2 rings (SSSR count). The quantitative estimate of drug-likeness (QED) is 0.691. The summed E-state index contributed by atoms with van der Waals surface area (Å²) in [5.41, 5.74) is 3.98. The van der Waals surface area contributed by atoms with Gasteiger partial charge >= 0.3 is 0 Å². The molecule has 0 N–H and O–H groups in total. The fourth-order valence-corrected chi connectivity index (χ4v) is 3.90. The van der Waals surface area contributed by atoms with Crippen molar-refractivity contribution >= 4 is 11.6 Å². The summed E-state index contributed by atoms with van der Waals surface area (Å²) in [7, 11) is 0. The lowest BCUT2D eigenvalue weighted by atomic mass is 9.62. The van der Waals surface area contributed by atoms with Gasteiger partial charge in [0, 0.05) is 17.2 Å². The van der Waals surface area contributed by atoms with Crippen molar-refractivity contribution in [1.82, 2.24) is 0 Å². The summed E-state index contributed by atoms with van der Waals surface area (Å²) in [6, 6.07) is 4.36. The number of hydrogen-bond acceptors (Lipinski definition) is 1. The first-order valence-corrected chi connectivity index (χ1v) is 7.76. The molecule has 2 unspecified atom stereocenters. The molecule has 1 saturated carbocycles. The van der Waals surface area contributed by atoms with Gasteiger partial charge in [-0.05, 0) is 56.4 Å². The van der Waals surface area contributed by atoms with Crippen molar-refractivity contribution in [2.75, 3.05) is 0 Å². The SMILES string of the molecule is CCC1(CC)C(Cl)CC1Oc1cc(C)cc(C)c1C. The van der Waals surface area contributed by atoms with Crippen LogP contribution in [-0.4, -0.2) is 11.5 Å². The van der Waals surface area contributed by atoms with Crippen molar-refractivity contribution in [1.29, 1.82) is 0 Å². The molecule has 1 aliphatic rings. The van der Waals surface area contributed by atoms with Crippen LogP contribution in [0.25, 0.3) is 0 Å². The number of aryl methyl sites for hydroxylation is 2. The Hall–Kier alpha value is -0.690. The van der Waals surface area contributed by atoms with E-state index in [4.69, 9.17) is 16.3 Å². The standard InChI is InChI=1S/C17H25ClO/c1-6-17(7-2)15(18)10-16(17)19-14-9-11(3)8-12(4)13(14)5/h8-9,15-16H,6-7,10H2,1-5H3. The Balaban J connectivity index is 2.23. The molecule has 1 aromatic carbocycles. The summed E-state index contributed by atoms with van der Waals surface area (Å²) in [6.45, 7) is 10.9. The summed E-state index contributed by atoms with van der Waals surface area (Å²) in [5, 5.41) is 0.263. The summed E-state index contributed by atoms with van der Waals surface area (Å²) in [5.74, 6) is 1.04. The normalized spacial score (nSPS) is 24.9.